The van der Waals surface area contributed by atoms with E-state index < -0.39 is 0 Å². The first-order valence-corrected chi connectivity index (χ1v) is 7.78. The molecule has 20 heavy (non-hydrogen) atoms. The van der Waals surface area contributed by atoms with E-state index in [1.807, 2.05) is 0 Å². The van der Waals surface area contributed by atoms with Gasteiger partial charge in [-0.3, -0.25) is 5.43 Å². The van der Waals surface area contributed by atoms with E-state index >= 15 is 0 Å². The molecule has 1 aromatic carbocycles. The average Bonchev–Trinajstić information content (AvgIpc) is 2.96. The van der Waals surface area contributed by atoms with Gasteiger partial charge in [-0.05, 0) is 38.5 Å². The van der Waals surface area contributed by atoms with Gasteiger partial charge in [0.25, 0.3) is 0 Å². The average molecular weight is 274 g/mol. The quantitative estimate of drug-likeness (QED) is 0.770. The zero-order chi connectivity index (χ0) is 13.8. The molecule has 1 aromatic rings. The van der Waals surface area contributed by atoms with Crippen LogP contribution in [0, 0.1) is 5.92 Å². The summed E-state index contributed by atoms with van der Waals surface area (Å²) in [5.74, 6) is 0.622. The maximum absolute atomic E-state index is 3.78. The molecule has 2 atom stereocenters. The van der Waals surface area contributed by atoms with Crippen molar-refractivity contribution in [1.82, 2.24) is 21.1 Å². The molecule has 0 radical (unpaired) electrons. The van der Waals surface area contributed by atoms with Crippen molar-refractivity contribution in [3.8, 4) is 0 Å². The summed E-state index contributed by atoms with van der Waals surface area (Å²) in [4.78, 5) is 2.42. The van der Waals surface area contributed by atoms with Crippen molar-refractivity contribution < 1.29 is 0 Å². The number of hydrazine groups is 1. The van der Waals surface area contributed by atoms with Crippen LogP contribution in [0.1, 0.15) is 24.4 Å². The summed E-state index contributed by atoms with van der Waals surface area (Å²) in [5.41, 5.74) is 8.12. The van der Waals surface area contributed by atoms with Gasteiger partial charge in [0, 0.05) is 25.0 Å². The maximum atomic E-state index is 3.78. The van der Waals surface area contributed by atoms with Crippen molar-refractivity contribution in [1.29, 1.82) is 0 Å². The minimum absolute atomic E-state index is 0.426. The topological polar surface area (TPSA) is 39.3 Å². The summed E-state index contributed by atoms with van der Waals surface area (Å²) < 4.78 is 0. The molecule has 0 aromatic heterocycles. The van der Waals surface area contributed by atoms with Crippen LogP contribution in [0.15, 0.2) is 30.3 Å². The second-order valence-corrected chi connectivity index (χ2v) is 6.16. The van der Waals surface area contributed by atoms with Crippen molar-refractivity contribution >= 4 is 0 Å². The summed E-state index contributed by atoms with van der Waals surface area (Å²) in [6.07, 6.45) is 2.56. The second kappa shape index (κ2) is 6.68. The fraction of sp³-hybridized carbons (Fsp3) is 0.625. The molecule has 3 rings (SSSR count). The van der Waals surface area contributed by atoms with Gasteiger partial charge in [-0.25, -0.2) is 5.43 Å². The van der Waals surface area contributed by atoms with Crippen molar-refractivity contribution in [2.45, 2.75) is 24.9 Å². The molecule has 2 aliphatic heterocycles. The van der Waals surface area contributed by atoms with E-state index in [0.29, 0.717) is 18.0 Å². The monoisotopic (exact) mass is 274 g/mol. The van der Waals surface area contributed by atoms with Gasteiger partial charge in [0.2, 0.25) is 0 Å². The Balaban J connectivity index is 1.52. The molecule has 2 aliphatic rings. The molecule has 2 unspecified atom stereocenters. The highest BCUT2D eigenvalue weighted by Gasteiger charge is 2.28. The summed E-state index contributed by atoms with van der Waals surface area (Å²) >= 11 is 0. The lowest BCUT2D eigenvalue weighted by atomic mass is 9.94. The molecule has 0 spiro atoms. The number of benzene rings is 1. The van der Waals surface area contributed by atoms with E-state index in [-0.39, 0.29) is 0 Å². The van der Waals surface area contributed by atoms with Gasteiger partial charge in [0.15, 0.2) is 0 Å². The summed E-state index contributed by atoms with van der Waals surface area (Å²) in [6.45, 7) is 4.58. The molecule has 3 N–H and O–H groups in total. The highest BCUT2D eigenvalue weighted by atomic mass is 15.4. The number of likely N-dealkylation sites (tertiary alicyclic amines) is 1. The minimum Gasteiger partial charge on any atom is -0.313 e. The molecule has 0 aliphatic carbocycles. The number of hydrogen-bond donors (Lipinski definition) is 3. The molecule has 2 saturated heterocycles. The van der Waals surface area contributed by atoms with Gasteiger partial charge in [0.1, 0.15) is 0 Å². The van der Waals surface area contributed by atoms with Crippen molar-refractivity contribution in [3.05, 3.63) is 35.9 Å². The van der Waals surface area contributed by atoms with E-state index in [9.17, 15) is 0 Å². The Morgan fingerprint density at radius 3 is 2.70 bits per heavy atom. The normalized spacial score (nSPS) is 28.9. The van der Waals surface area contributed by atoms with Crippen LogP contribution in [0.4, 0.5) is 0 Å². The Labute approximate surface area is 121 Å². The van der Waals surface area contributed by atoms with Crippen molar-refractivity contribution in [2.24, 2.45) is 5.92 Å². The molecule has 2 heterocycles. The van der Waals surface area contributed by atoms with Crippen molar-refractivity contribution in [3.63, 3.8) is 0 Å². The van der Waals surface area contributed by atoms with Gasteiger partial charge in [0.05, 0.1) is 6.04 Å². The van der Waals surface area contributed by atoms with E-state index in [1.165, 1.54) is 31.5 Å². The maximum Gasteiger partial charge on any atom is 0.0515 e. The minimum atomic E-state index is 0.426. The van der Waals surface area contributed by atoms with Gasteiger partial charge >= 0.3 is 0 Å². The van der Waals surface area contributed by atoms with Crippen LogP contribution in [0.5, 0.6) is 0 Å². The number of hydrogen-bond acceptors (Lipinski definition) is 4. The zero-order valence-electron chi connectivity index (χ0n) is 12.3. The molecule has 4 heteroatoms. The number of nitrogens with zero attached hydrogens (tertiary/aromatic N) is 1. The third-order valence-corrected chi connectivity index (χ3v) is 4.64. The first-order chi connectivity index (χ1) is 9.83. The highest BCUT2D eigenvalue weighted by Crippen LogP contribution is 2.24. The van der Waals surface area contributed by atoms with Gasteiger partial charge < -0.3 is 10.2 Å². The Morgan fingerprint density at radius 1 is 1.20 bits per heavy atom. The van der Waals surface area contributed by atoms with Crippen LogP contribution < -0.4 is 16.2 Å². The summed E-state index contributed by atoms with van der Waals surface area (Å²) in [5, 5.41) is 3.78. The third kappa shape index (κ3) is 3.38. The van der Waals surface area contributed by atoms with Crippen LogP contribution in [0.2, 0.25) is 0 Å². The molecule has 0 saturated carbocycles. The molecule has 0 amide bonds. The second-order valence-electron chi connectivity index (χ2n) is 6.16. The number of rotatable bonds is 4. The van der Waals surface area contributed by atoms with E-state index in [1.54, 1.807) is 0 Å². The van der Waals surface area contributed by atoms with Gasteiger partial charge in [-0.15, -0.1) is 0 Å². The molecular formula is C16H26N4. The lowest BCUT2D eigenvalue weighted by Crippen LogP contribution is -2.43. The van der Waals surface area contributed by atoms with Crippen LogP contribution in [-0.4, -0.2) is 44.2 Å². The predicted molar refractivity (Wildman–Crippen MR) is 82.3 cm³/mol. The lowest BCUT2D eigenvalue weighted by Gasteiger charge is -2.31. The van der Waals surface area contributed by atoms with E-state index in [0.717, 1.165) is 13.1 Å². The largest absolute Gasteiger partial charge is 0.313 e. The Bertz CT molecular complexity index is 400. The summed E-state index contributed by atoms with van der Waals surface area (Å²) in [6, 6.07) is 11.9. The Hall–Kier alpha value is -0.940. The standard InChI is InChI=1S/C16H26N4/c1-20-9-7-15(8-10-20)17-11-14-12-18-19-16(14)13-5-3-2-4-6-13/h2-6,14-19H,7-12H2,1H3. The van der Waals surface area contributed by atoms with Crippen LogP contribution in [-0.2, 0) is 0 Å². The Morgan fingerprint density at radius 2 is 1.95 bits per heavy atom. The van der Waals surface area contributed by atoms with Crippen LogP contribution in [0.25, 0.3) is 0 Å². The zero-order valence-corrected chi connectivity index (χ0v) is 12.3. The van der Waals surface area contributed by atoms with E-state index in [4.69, 9.17) is 0 Å². The van der Waals surface area contributed by atoms with E-state index in [2.05, 4.69) is 58.4 Å². The first-order valence-electron chi connectivity index (χ1n) is 7.78. The van der Waals surface area contributed by atoms with Crippen molar-refractivity contribution in [2.75, 3.05) is 33.2 Å². The number of nitrogens with one attached hydrogen (secondary N) is 3. The smallest absolute Gasteiger partial charge is 0.0515 e. The van der Waals surface area contributed by atoms with Gasteiger partial charge in [-0.2, -0.15) is 0 Å². The molecule has 0 bridgehead atoms. The SMILES string of the molecule is CN1CCC(NCC2CNNC2c2ccccc2)CC1. The lowest BCUT2D eigenvalue weighted by molar-refractivity contribution is 0.229. The Kier molecular flexibility index (Phi) is 4.68. The fourth-order valence-electron chi connectivity index (χ4n) is 3.27. The third-order valence-electron chi connectivity index (χ3n) is 4.64. The predicted octanol–water partition coefficient (Wildman–Crippen LogP) is 1.14. The molecule has 110 valence electrons. The number of piperidine rings is 1. The fourth-order valence-corrected chi connectivity index (χ4v) is 3.27. The molecular weight excluding hydrogens is 248 g/mol. The first kappa shape index (κ1) is 14.0. The van der Waals surface area contributed by atoms with Gasteiger partial charge in [-0.1, -0.05) is 30.3 Å². The molecule has 2 fully saturated rings. The summed E-state index contributed by atoms with van der Waals surface area (Å²) in [7, 11) is 2.21. The molecule has 4 nitrogen and oxygen atoms in total. The highest BCUT2D eigenvalue weighted by molar-refractivity contribution is 5.20. The van der Waals surface area contributed by atoms with Crippen LogP contribution >= 0.6 is 0 Å². The van der Waals surface area contributed by atoms with Crippen LogP contribution in [0.3, 0.4) is 0 Å².